The Labute approximate surface area is 123 Å². The molecule has 2 fully saturated rings. The summed E-state index contributed by atoms with van der Waals surface area (Å²) in [6, 6.07) is 7.37. The van der Waals surface area contributed by atoms with Crippen LogP contribution in [0, 0.1) is 21.4 Å². The van der Waals surface area contributed by atoms with Gasteiger partial charge in [-0.3, -0.25) is 15.0 Å². The van der Waals surface area contributed by atoms with Crippen LogP contribution in [0.15, 0.2) is 18.2 Å². The quantitative estimate of drug-likeness (QED) is 0.682. The summed E-state index contributed by atoms with van der Waals surface area (Å²) in [4.78, 5) is 12.8. The molecule has 2 saturated heterocycles. The highest BCUT2D eigenvalue weighted by Crippen LogP contribution is 2.31. The average Bonchev–Trinajstić information content (AvgIpc) is 2.91. The van der Waals surface area contributed by atoms with Crippen LogP contribution in [0.5, 0.6) is 0 Å². The Morgan fingerprint density at radius 1 is 1.33 bits per heavy atom. The largest absolute Gasteiger partial charge is 0.380 e. The minimum absolute atomic E-state index is 0.0391. The molecule has 110 valence electrons. The van der Waals surface area contributed by atoms with Gasteiger partial charge in [-0.2, -0.15) is 5.26 Å². The van der Waals surface area contributed by atoms with Gasteiger partial charge < -0.3 is 5.32 Å². The highest BCUT2D eigenvalue weighted by molar-refractivity contribution is 5.62. The number of nitro benzene ring substituents is 1. The maximum Gasteiger partial charge on any atom is 0.270 e. The van der Waals surface area contributed by atoms with Crippen molar-refractivity contribution in [1.82, 2.24) is 4.90 Å². The predicted octanol–water partition coefficient (Wildman–Crippen LogP) is 2.51. The van der Waals surface area contributed by atoms with E-state index in [1.807, 2.05) is 0 Å². The minimum atomic E-state index is -0.469. The van der Waals surface area contributed by atoms with E-state index in [4.69, 9.17) is 0 Å². The fourth-order valence-electron chi connectivity index (χ4n) is 3.48. The second kappa shape index (κ2) is 5.70. The Kier molecular flexibility index (Phi) is 3.76. The van der Waals surface area contributed by atoms with Crippen LogP contribution in [-0.4, -0.2) is 35.0 Å². The van der Waals surface area contributed by atoms with Gasteiger partial charge >= 0.3 is 0 Å². The number of hydrogen-bond acceptors (Lipinski definition) is 5. The van der Waals surface area contributed by atoms with Crippen molar-refractivity contribution in [3.8, 4) is 6.07 Å². The summed E-state index contributed by atoms with van der Waals surface area (Å²) in [7, 11) is 0. The molecule has 0 aliphatic carbocycles. The molecule has 6 heteroatoms. The number of piperidine rings is 1. The summed E-state index contributed by atoms with van der Waals surface area (Å²) in [5.41, 5.74) is 1.02. The smallest absolute Gasteiger partial charge is 0.270 e. The van der Waals surface area contributed by atoms with Gasteiger partial charge in [-0.1, -0.05) is 6.42 Å². The average molecular weight is 286 g/mol. The van der Waals surface area contributed by atoms with E-state index in [0.717, 1.165) is 19.5 Å². The molecular formula is C15H18N4O2. The van der Waals surface area contributed by atoms with Crippen molar-refractivity contribution < 1.29 is 4.92 Å². The standard InChI is InChI=1S/C15H18N4O2/c16-10-11-9-12(19(20)21)4-5-13(11)17-14-6-8-18-7-2-1-3-15(14)18/h4-5,9,14-15,17H,1-3,6-8H2/t14-,15-/m1/s1. The first-order valence-corrected chi connectivity index (χ1v) is 7.38. The first kappa shape index (κ1) is 13.8. The third kappa shape index (κ3) is 2.69. The zero-order valence-electron chi connectivity index (χ0n) is 11.8. The minimum Gasteiger partial charge on any atom is -0.380 e. The summed E-state index contributed by atoms with van der Waals surface area (Å²) in [5.74, 6) is 0. The first-order chi connectivity index (χ1) is 10.2. The molecule has 2 aliphatic heterocycles. The summed E-state index contributed by atoms with van der Waals surface area (Å²) in [6.07, 6.45) is 4.77. The molecule has 0 bridgehead atoms. The van der Waals surface area contributed by atoms with E-state index >= 15 is 0 Å². The van der Waals surface area contributed by atoms with Crippen molar-refractivity contribution in [3.63, 3.8) is 0 Å². The number of benzene rings is 1. The molecule has 3 rings (SSSR count). The van der Waals surface area contributed by atoms with Crippen LogP contribution in [0.25, 0.3) is 0 Å². The summed E-state index contributed by atoms with van der Waals surface area (Å²) >= 11 is 0. The Hall–Kier alpha value is -2.13. The van der Waals surface area contributed by atoms with E-state index in [2.05, 4.69) is 16.3 Å². The Morgan fingerprint density at radius 3 is 2.95 bits per heavy atom. The van der Waals surface area contributed by atoms with Crippen molar-refractivity contribution in [2.45, 2.75) is 37.8 Å². The number of rotatable bonds is 3. The number of nitrogens with zero attached hydrogens (tertiary/aromatic N) is 3. The van der Waals surface area contributed by atoms with E-state index in [-0.39, 0.29) is 5.69 Å². The van der Waals surface area contributed by atoms with Gasteiger partial charge in [-0.15, -0.1) is 0 Å². The lowest BCUT2D eigenvalue weighted by Crippen LogP contribution is -2.41. The van der Waals surface area contributed by atoms with Crippen LogP contribution in [-0.2, 0) is 0 Å². The van der Waals surface area contributed by atoms with E-state index in [0.29, 0.717) is 23.3 Å². The van der Waals surface area contributed by atoms with Gasteiger partial charge in [0.1, 0.15) is 6.07 Å². The normalized spacial score (nSPS) is 25.1. The Balaban J connectivity index is 1.79. The number of non-ortho nitro benzene ring substituents is 1. The third-order valence-corrected chi connectivity index (χ3v) is 4.53. The molecule has 1 N–H and O–H groups in total. The van der Waals surface area contributed by atoms with E-state index in [1.54, 1.807) is 6.07 Å². The van der Waals surface area contributed by atoms with Gasteiger partial charge in [0.25, 0.3) is 5.69 Å². The number of nitrogens with one attached hydrogen (secondary N) is 1. The summed E-state index contributed by atoms with van der Waals surface area (Å²) in [5, 5.41) is 23.4. The van der Waals surface area contributed by atoms with E-state index in [9.17, 15) is 15.4 Å². The number of nitro groups is 1. The molecule has 0 amide bonds. The molecule has 1 aromatic rings. The predicted molar refractivity (Wildman–Crippen MR) is 79.1 cm³/mol. The molecule has 0 unspecified atom stereocenters. The van der Waals surface area contributed by atoms with Crippen LogP contribution in [0.4, 0.5) is 11.4 Å². The molecule has 6 nitrogen and oxygen atoms in total. The monoisotopic (exact) mass is 286 g/mol. The lowest BCUT2D eigenvalue weighted by molar-refractivity contribution is -0.384. The van der Waals surface area contributed by atoms with Crippen LogP contribution in [0.3, 0.4) is 0 Å². The van der Waals surface area contributed by atoms with Gasteiger partial charge in [0.05, 0.1) is 16.2 Å². The van der Waals surface area contributed by atoms with Crippen molar-refractivity contribution >= 4 is 11.4 Å². The molecular weight excluding hydrogens is 268 g/mol. The summed E-state index contributed by atoms with van der Waals surface area (Å²) in [6.45, 7) is 2.26. The number of nitriles is 1. The number of fused-ring (bicyclic) bond motifs is 1. The fraction of sp³-hybridized carbons (Fsp3) is 0.533. The molecule has 0 aromatic heterocycles. The Morgan fingerprint density at radius 2 is 2.19 bits per heavy atom. The van der Waals surface area contributed by atoms with E-state index in [1.165, 1.54) is 31.4 Å². The van der Waals surface area contributed by atoms with Crippen molar-refractivity contribution in [3.05, 3.63) is 33.9 Å². The maximum absolute atomic E-state index is 10.8. The zero-order valence-corrected chi connectivity index (χ0v) is 11.8. The molecule has 2 heterocycles. The molecule has 21 heavy (non-hydrogen) atoms. The SMILES string of the molecule is N#Cc1cc([N+](=O)[O-])ccc1N[C@@H]1CCN2CCCC[C@H]12. The molecule has 2 atom stereocenters. The highest BCUT2D eigenvalue weighted by Gasteiger charge is 2.35. The molecule has 0 saturated carbocycles. The fourth-order valence-corrected chi connectivity index (χ4v) is 3.48. The second-order valence-corrected chi connectivity index (χ2v) is 5.74. The van der Waals surface area contributed by atoms with Crippen LogP contribution in [0.1, 0.15) is 31.2 Å². The topological polar surface area (TPSA) is 82.2 Å². The highest BCUT2D eigenvalue weighted by atomic mass is 16.6. The van der Waals surface area contributed by atoms with Gasteiger partial charge in [0.15, 0.2) is 0 Å². The first-order valence-electron chi connectivity index (χ1n) is 7.38. The molecule has 2 aliphatic rings. The van der Waals surface area contributed by atoms with Crippen LogP contribution in [0.2, 0.25) is 0 Å². The van der Waals surface area contributed by atoms with Crippen LogP contribution < -0.4 is 5.32 Å². The maximum atomic E-state index is 10.8. The van der Waals surface area contributed by atoms with Gasteiger partial charge in [0, 0.05) is 30.8 Å². The summed E-state index contributed by atoms with van der Waals surface area (Å²) < 4.78 is 0. The van der Waals surface area contributed by atoms with Crippen molar-refractivity contribution in [2.75, 3.05) is 18.4 Å². The van der Waals surface area contributed by atoms with Gasteiger partial charge in [-0.25, -0.2) is 0 Å². The zero-order chi connectivity index (χ0) is 14.8. The van der Waals surface area contributed by atoms with Crippen LogP contribution >= 0.6 is 0 Å². The molecule has 1 aromatic carbocycles. The lowest BCUT2D eigenvalue weighted by atomic mass is 9.98. The van der Waals surface area contributed by atoms with Gasteiger partial charge in [0.2, 0.25) is 0 Å². The lowest BCUT2D eigenvalue weighted by Gasteiger charge is -2.33. The number of hydrogen-bond donors (Lipinski definition) is 1. The van der Waals surface area contributed by atoms with E-state index < -0.39 is 4.92 Å². The molecule has 0 spiro atoms. The van der Waals surface area contributed by atoms with Crippen molar-refractivity contribution in [1.29, 1.82) is 5.26 Å². The van der Waals surface area contributed by atoms with Crippen molar-refractivity contribution in [2.24, 2.45) is 0 Å². The second-order valence-electron chi connectivity index (χ2n) is 5.74. The Bertz CT molecular complexity index is 596. The number of anilines is 1. The third-order valence-electron chi connectivity index (χ3n) is 4.53. The van der Waals surface area contributed by atoms with Gasteiger partial charge in [-0.05, 0) is 31.9 Å². The molecule has 0 radical (unpaired) electrons.